The van der Waals surface area contributed by atoms with Gasteiger partial charge in [-0.3, -0.25) is 4.79 Å². The van der Waals surface area contributed by atoms with E-state index in [9.17, 15) is 4.79 Å². The van der Waals surface area contributed by atoms with Crippen molar-refractivity contribution in [3.8, 4) is 0 Å². The zero-order valence-electron chi connectivity index (χ0n) is 13.0. The summed E-state index contributed by atoms with van der Waals surface area (Å²) in [6.07, 6.45) is 7.71. The number of hydrogen-bond acceptors (Lipinski definition) is 5. The summed E-state index contributed by atoms with van der Waals surface area (Å²) in [7, 11) is 0. The molecule has 1 N–H and O–H groups in total. The highest BCUT2D eigenvalue weighted by atomic mass is 35.5. The number of anilines is 1. The lowest BCUT2D eigenvalue weighted by molar-refractivity contribution is -0.122. The second-order valence-corrected chi connectivity index (χ2v) is 7.60. The van der Waals surface area contributed by atoms with Crippen molar-refractivity contribution in [2.24, 2.45) is 17.8 Å². The molecule has 3 aliphatic rings. The Morgan fingerprint density at radius 3 is 2.68 bits per heavy atom. The summed E-state index contributed by atoms with van der Waals surface area (Å²) in [6, 6.07) is 1.60. The zero-order chi connectivity index (χ0) is 17.1. The van der Waals surface area contributed by atoms with Crippen LogP contribution >= 0.6 is 23.2 Å². The molecular formula is C17H14Cl2N4O2. The highest BCUT2D eigenvalue weighted by molar-refractivity contribution is 6.41. The van der Waals surface area contributed by atoms with E-state index in [2.05, 4.69) is 20.3 Å². The van der Waals surface area contributed by atoms with Crippen LogP contribution in [0.1, 0.15) is 17.9 Å². The fourth-order valence-corrected chi connectivity index (χ4v) is 4.66. The van der Waals surface area contributed by atoms with E-state index in [1.54, 1.807) is 18.5 Å². The van der Waals surface area contributed by atoms with Crippen LogP contribution in [-0.2, 0) is 9.53 Å². The molecule has 5 rings (SSSR count). The number of hydrogen-bond donors (Lipinski definition) is 1. The third kappa shape index (κ3) is 2.43. The lowest BCUT2D eigenvalue weighted by Crippen LogP contribution is -2.37. The van der Waals surface area contributed by atoms with Gasteiger partial charge in [0.1, 0.15) is 11.5 Å². The van der Waals surface area contributed by atoms with Gasteiger partial charge in [-0.05, 0) is 29.9 Å². The third-order valence-electron chi connectivity index (χ3n) is 5.48. The Morgan fingerprint density at radius 1 is 1.16 bits per heavy atom. The fourth-order valence-electron chi connectivity index (χ4n) is 4.39. The standard InChI is InChI=1S/C17H14Cl2N4O2/c18-11-1-8(5-22-16(11)19)23-17(24)13-12(7-3-20-6-21-4-7)14-9-2-10(9)15(13)25-14/h1,3-6,9-10,12-15H,2H2,(H,23,24). The van der Waals surface area contributed by atoms with Crippen molar-refractivity contribution in [1.82, 2.24) is 15.0 Å². The maximum atomic E-state index is 13.0. The van der Waals surface area contributed by atoms with Gasteiger partial charge in [0.05, 0.1) is 35.0 Å². The number of nitrogens with zero attached hydrogens (tertiary/aromatic N) is 3. The zero-order valence-corrected chi connectivity index (χ0v) is 14.5. The Hall–Kier alpha value is -1.76. The maximum Gasteiger partial charge on any atom is 0.230 e. The lowest BCUT2D eigenvalue weighted by Gasteiger charge is -2.26. The molecule has 2 aromatic heterocycles. The molecule has 0 spiro atoms. The average molecular weight is 377 g/mol. The van der Waals surface area contributed by atoms with Gasteiger partial charge in [0.15, 0.2) is 0 Å². The van der Waals surface area contributed by atoms with E-state index in [4.69, 9.17) is 27.9 Å². The Bertz CT molecular complexity index is 850. The second kappa shape index (κ2) is 5.62. The summed E-state index contributed by atoms with van der Waals surface area (Å²) in [5.41, 5.74) is 1.48. The molecule has 2 bridgehead atoms. The number of ether oxygens (including phenoxy) is 1. The van der Waals surface area contributed by atoms with E-state index in [0.717, 1.165) is 12.0 Å². The van der Waals surface area contributed by atoms with Crippen LogP contribution in [-0.4, -0.2) is 33.1 Å². The molecular weight excluding hydrogens is 363 g/mol. The predicted molar refractivity (Wildman–Crippen MR) is 91.4 cm³/mol. The highest BCUT2D eigenvalue weighted by Crippen LogP contribution is 2.65. The first kappa shape index (κ1) is 15.5. The largest absolute Gasteiger partial charge is 0.373 e. The van der Waals surface area contributed by atoms with Crippen molar-refractivity contribution in [1.29, 1.82) is 0 Å². The average Bonchev–Trinajstić information content (AvgIpc) is 3.23. The molecule has 1 amide bonds. The number of rotatable bonds is 3. The van der Waals surface area contributed by atoms with Crippen LogP contribution in [0.5, 0.6) is 0 Å². The van der Waals surface area contributed by atoms with Crippen LogP contribution in [0.2, 0.25) is 10.2 Å². The van der Waals surface area contributed by atoms with Crippen LogP contribution in [0.3, 0.4) is 0 Å². The van der Waals surface area contributed by atoms with E-state index in [0.29, 0.717) is 22.5 Å². The Morgan fingerprint density at radius 2 is 1.92 bits per heavy atom. The minimum Gasteiger partial charge on any atom is -0.373 e. The van der Waals surface area contributed by atoms with Crippen molar-refractivity contribution >= 4 is 34.8 Å². The number of halogens is 2. The molecule has 128 valence electrons. The van der Waals surface area contributed by atoms with Crippen LogP contribution in [0.4, 0.5) is 5.69 Å². The first-order valence-corrected chi connectivity index (χ1v) is 8.91. The van der Waals surface area contributed by atoms with Gasteiger partial charge in [-0.25, -0.2) is 15.0 Å². The van der Waals surface area contributed by atoms with Crippen molar-refractivity contribution in [2.75, 3.05) is 5.32 Å². The third-order valence-corrected chi connectivity index (χ3v) is 6.16. The van der Waals surface area contributed by atoms with Crippen molar-refractivity contribution < 1.29 is 9.53 Å². The van der Waals surface area contributed by atoms with Gasteiger partial charge in [-0.15, -0.1) is 0 Å². The maximum absolute atomic E-state index is 13.0. The van der Waals surface area contributed by atoms with Crippen LogP contribution in [0, 0.1) is 17.8 Å². The molecule has 2 aliphatic heterocycles. The quantitative estimate of drug-likeness (QED) is 0.833. The van der Waals surface area contributed by atoms with E-state index < -0.39 is 0 Å². The molecule has 0 radical (unpaired) electrons. The van der Waals surface area contributed by atoms with E-state index in [1.165, 1.54) is 12.5 Å². The SMILES string of the molecule is O=C(Nc1cnc(Cl)c(Cl)c1)C1C2OC(C3CC32)C1c1cncnc1. The normalized spacial score (nSPS) is 34.6. The molecule has 1 saturated carbocycles. The topological polar surface area (TPSA) is 77.0 Å². The van der Waals surface area contributed by atoms with Crippen molar-refractivity contribution in [3.05, 3.63) is 46.7 Å². The van der Waals surface area contributed by atoms with Gasteiger partial charge in [0, 0.05) is 18.3 Å². The number of carbonyl (C=O) groups excluding carboxylic acids is 1. The van der Waals surface area contributed by atoms with Gasteiger partial charge in [0.25, 0.3) is 0 Å². The monoisotopic (exact) mass is 376 g/mol. The van der Waals surface area contributed by atoms with E-state index in [-0.39, 0.29) is 35.1 Å². The van der Waals surface area contributed by atoms with Gasteiger partial charge in [-0.1, -0.05) is 23.2 Å². The number of amides is 1. The molecule has 6 atom stereocenters. The van der Waals surface area contributed by atoms with Crippen LogP contribution in [0.15, 0.2) is 31.0 Å². The minimum absolute atomic E-state index is 0.0225. The molecule has 2 saturated heterocycles. The smallest absolute Gasteiger partial charge is 0.230 e. The fraction of sp³-hybridized carbons (Fsp3) is 0.412. The number of nitrogens with one attached hydrogen (secondary N) is 1. The highest BCUT2D eigenvalue weighted by Gasteiger charge is 2.68. The first-order valence-electron chi connectivity index (χ1n) is 8.16. The molecule has 4 heterocycles. The van der Waals surface area contributed by atoms with Crippen LogP contribution < -0.4 is 5.32 Å². The summed E-state index contributed by atoms with van der Waals surface area (Å²) >= 11 is 11.8. The van der Waals surface area contributed by atoms with E-state index in [1.807, 2.05) is 0 Å². The van der Waals surface area contributed by atoms with Crippen LogP contribution in [0.25, 0.3) is 0 Å². The van der Waals surface area contributed by atoms with Gasteiger partial charge in [-0.2, -0.15) is 0 Å². The molecule has 3 fully saturated rings. The molecule has 2 aromatic rings. The summed E-state index contributed by atoms with van der Waals surface area (Å²) in [6.45, 7) is 0. The van der Waals surface area contributed by atoms with Crippen molar-refractivity contribution in [2.45, 2.75) is 24.5 Å². The lowest BCUT2D eigenvalue weighted by atomic mass is 9.75. The van der Waals surface area contributed by atoms with Gasteiger partial charge < -0.3 is 10.1 Å². The molecule has 1 aliphatic carbocycles. The minimum atomic E-state index is -0.269. The number of aromatic nitrogens is 3. The molecule has 0 aromatic carbocycles. The first-order chi connectivity index (χ1) is 12.1. The predicted octanol–water partition coefficient (Wildman–Crippen LogP) is 2.93. The molecule has 25 heavy (non-hydrogen) atoms. The number of pyridine rings is 1. The number of carbonyl (C=O) groups is 1. The summed E-state index contributed by atoms with van der Waals surface area (Å²) in [5, 5.41) is 3.43. The van der Waals surface area contributed by atoms with Gasteiger partial charge in [0.2, 0.25) is 5.91 Å². The summed E-state index contributed by atoms with van der Waals surface area (Å²) in [5.74, 6) is 0.672. The Labute approximate surface area is 153 Å². The number of fused-ring (bicyclic) bond motifs is 5. The van der Waals surface area contributed by atoms with Crippen molar-refractivity contribution in [3.63, 3.8) is 0 Å². The van der Waals surface area contributed by atoms with Gasteiger partial charge >= 0.3 is 0 Å². The molecule has 6 unspecified atom stereocenters. The second-order valence-electron chi connectivity index (χ2n) is 6.84. The van der Waals surface area contributed by atoms with E-state index >= 15 is 0 Å². The Balaban J connectivity index is 1.44. The summed E-state index contributed by atoms with van der Waals surface area (Å²) < 4.78 is 6.14. The Kier molecular flexibility index (Phi) is 3.48. The molecule has 6 nitrogen and oxygen atoms in total. The summed E-state index contributed by atoms with van der Waals surface area (Å²) in [4.78, 5) is 25.2. The molecule has 8 heteroatoms.